The highest BCUT2D eigenvalue weighted by Gasteiger charge is 2.26. The number of amides is 1. The molecule has 0 atom stereocenters. The second kappa shape index (κ2) is 6.11. The third-order valence-corrected chi connectivity index (χ3v) is 4.42. The highest BCUT2D eigenvalue weighted by Crippen LogP contribution is 2.27. The summed E-state index contributed by atoms with van der Waals surface area (Å²) < 4.78 is 0.952. The smallest absolute Gasteiger partial charge is 0.255 e. The Morgan fingerprint density at radius 3 is 2.67 bits per heavy atom. The number of hydrogen-bond donors (Lipinski definition) is 1. The van der Waals surface area contributed by atoms with E-state index in [4.69, 9.17) is 0 Å². The Morgan fingerprint density at radius 1 is 1.44 bits per heavy atom. The molecule has 1 fully saturated rings. The van der Waals surface area contributed by atoms with Crippen LogP contribution < -0.4 is 0 Å². The summed E-state index contributed by atoms with van der Waals surface area (Å²) in [5.74, 6) is 0.113. The molecule has 0 N–H and O–H groups in total. The molecule has 0 bridgehead atoms. The van der Waals surface area contributed by atoms with Crippen LogP contribution in [0.2, 0.25) is 0 Å². The van der Waals surface area contributed by atoms with E-state index in [0.717, 1.165) is 28.8 Å². The fraction of sp³-hybridized carbons (Fsp3) is 0.500. The molecule has 0 spiro atoms. The lowest BCUT2D eigenvalue weighted by molar-refractivity contribution is 0.0690. The summed E-state index contributed by atoms with van der Waals surface area (Å²) in [6, 6.07) is 6.04. The van der Waals surface area contributed by atoms with E-state index in [-0.39, 0.29) is 5.91 Å². The number of halogens is 1. The van der Waals surface area contributed by atoms with Crippen LogP contribution in [0.1, 0.15) is 43.0 Å². The summed E-state index contributed by atoms with van der Waals surface area (Å²) in [7, 11) is 0. The largest absolute Gasteiger partial charge is 0.336 e. The zero-order valence-electron chi connectivity index (χ0n) is 10.5. The van der Waals surface area contributed by atoms with Gasteiger partial charge in [0.2, 0.25) is 0 Å². The molecule has 1 aliphatic carbocycles. The number of benzene rings is 1. The maximum absolute atomic E-state index is 12.6. The zero-order valence-corrected chi connectivity index (χ0v) is 13.0. The highest BCUT2D eigenvalue weighted by atomic mass is 79.9. The van der Waals surface area contributed by atoms with Crippen LogP contribution in [0.25, 0.3) is 0 Å². The second-order valence-corrected chi connectivity index (χ2v) is 6.09. The van der Waals surface area contributed by atoms with Crippen LogP contribution in [0, 0.1) is 0 Å². The molecule has 18 heavy (non-hydrogen) atoms. The fourth-order valence-corrected chi connectivity index (χ4v) is 3.47. The average Bonchev–Trinajstić information content (AvgIpc) is 2.83. The van der Waals surface area contributed by atoms with Crippen LogP contribution in [0.3, 0.4) is 0 Å². The Balaban J connectivity index is 2.22. The lowest BCUT2D eigenvalue weighted by Gasteiger charge is -2.28. The van der Waals surface area contributed by atoms with Crippen molar-refractivity contribution in [2.45, 2.75) is 43.5 Å². The predicted molar refractivity (Wildman–Crippen MR) is 80.4 cm³/mol. The first-order valence-corrected chi connectivity index (χ1v) is 7.67. The third kappa shape index (κ3) is 2.91. The lowest BCUT2D eigenvalue weighted by Crippen LogP contribution is -2.38. The van der Waals surface area contributed by atoms with Crippen molar-refractivity contribution in [3.63, 3.8) is 0 Å². The van der Waals surface area contributed by atoms with Crippen molar-refractivity contribution in [2.24, 2.45) is 0 Å². The summed E-state index contributed by atoms with van der Waals surface area (Å²) >= 11 is 7.80. The normalized spacial score (nSPS) is 15.9. The Kier molecular flexibility index (Phi) is 4.73. The van der Waals surface area contributed by atoms with E-state index < -0.39 is 0 Å². The molecule has 4 heteroatoms. The van der Waals surface area contributed by atoms with E-state index in [9.17, 15) is 4.79 Å². The minimum Gasteiger partial charge on any atom is -0.336 e. The minimum absolute atomic E-state index is 0.113. The van der Waals surface area contributed by atoms with Gasteiger partial charge < -0.3 is 4.90 Å². The van der Waals surface area contributed by atoms with Gasteiger partial charge in [0.05, 0.1) is 5.56 Å². The molecular formula is C14H18BrNOS. The molecule has 0 aliphatic heterocycles. The van der Waals surface area contributed by atoms with Crippen LogP contribution in [0.4, 0.5) is 0 Å². The molecule has 0 saturated heterocycles. The molecule has 0 aromatic heterocycles. The standard InChI is InChI=1S/C14H18BrNOS/c1-2-16(11-5-3-4-6-11)14(17)12-8-7-10(15)9-13(12)18/h7-9,11,18H,2-6H2,1H3. The van der Waals surface area contributed by atoms with E-state index in [2.05, 4.69) is 28.6 Å². The van der Waals surface area contributed by atoms with Crippen molar-refractivity contribution in [1.29, 1.82) is 0 Å². The van der Waals surface area contributed by atoms with Crippen molar-refractivity contribution in [3.05, 3.63) is 28.2 Å². The topological polar surface area (TPSA) is 20.3 Å². The zero-order chi connectivity index (χ0) is 13.1. The molecule has 0 heterocycles. The Morgan fingerprint density at radius 2 is 2.11 bits per heavy atom. The van der Waals surface area contributed by atoms with Crippen LogP contribution in [0.5, 0.6) is 0 Å². The van der Waals surface area contributed by atoms with Gasteiger partial charge in [-0.2, -0.15) is 0 Å². The van der Waals surface area contributed by atoms with Gasteiger partial charge in [-0.3, -0.25) is 4.79 Å². The van der Waals surface area contributed by atoms with Gasteiger partial charge in [-0.1, -0.05) is 28.8 Å². The van der Waals surface area contributed by atoms with E-state index in [1.54, 1.807) is 0 Å². The number of carbonyl (C=O) groups is 1. The van der Waals surface area contributed by atoms with Gasteiger partial charge in [0.25, 0.3) is 5.91 Å². The van der Waals surface area contributed by atoms with Crippen molar-refractivity contribution >= 4 is 34.5 Å². The Bertz CT molecular complexity index is 443. The average molecular weight is 328 g/mol. The first kappa shape index (κ1) is 13.9. The van der Waals surface area contributed by atoms with Gasteiger partial charge in [-0.25, -0.2) is 0 Å². The molecule has 0 unspecified atom stereocenters. The van der Waals surface area contributed by atoms with Gasteiger partial charge in [-0.05, 0) is 38.0 Å². The van der Waals surface area contributed by atoms with Gasteiger partial charge in [0.1, 0.15) is 0 Å². The maximum Gasteiger partial charge on any atom is 0.255 e. The molecule has 1 aromatic rings. The Hall–Kier alpha value is -0.480. The van der Waals surface area contributed by atoms with E-state index in [1.165, 1.54) is 12.8 Å². The van der Waals surface area contributed by atoms with Crippen LogP contribution >= 0.6 is 28.6 Å². The lowest BCUT2D eigenvalue weighted by atomic mass is 10.1. The molecule has 1 amide bonds. The molecule has 2 rings (SSSR count). The van der Waals surface area contributed by atoms with Gasteiger partial charge in [0.15, 0.2) is 0 Å². The van der Waals surface area contributed by atoms with Crippen molar-refractivity contribution < 1.29 is 4.79 Å². The summed E-state index contributed by atoms with van der Waals surface area (Å²) in [6.45, 7) is 2.82. The van der Waals surface area contributed by atoms with Crippen LogP contribution in [0.15, 0.2) is 27.6 Å². The van der Waals surface area contributed by atoms with E-state index in [1.807, 2.05) is 30.0 Å². The first-order chi connectivity index (χ1) is 8.63. The van der Waals surface area contributed by atoms with Crippen molar-refractivity contribution in [2.75, 3.05) is 6.54 Å². The summed E-state index contributed by atoms with van der Waals surface area (Å²) in [4.78, 5) is 15.3. The molecule has 1 aliphatic rings. The second-order valence-electron chi connectivity index (χ2n) is 4.69. The predicted octanol–water partition coefficient (Wildman–Crippen LogP) is 4.14. The maximum atomic E-state index is 12.6. The van der Waals surface area contributed by atoms with Gasteiger partial charge in [-0.15, -0.1) is 12.6 Å². The van der Waals surface area contributed by atoms with Crippen LogP contribution in [-0.2, 0) is 0 Å². The number of hydrogen-bond acceptors (Lipinski definition) is 2. The van der Waals surface area contributed by atoms with E-state index in [0.29, 0.717) is 11.6 Å². The summed E-state index contributed by atoms with van der Waals surface area (Å²) in [5, 5.41) is 0. The summed E-state index contributed by atoms with van der Waals surface area (Å²) in [5.41, 5.74) is 0.704. The monoisotopic (exact) mass is 327 g/mol. The Labute approximate surface area is 122 Å². The molecule has 1 aromatic carbocycles. The number of rotatable bonds is 3. The SMILES string of the molecule is CCN(C(=O)c1ccc(Br)cc1S)C1CCCC1. The van der Waals surface area contributed by atoms with Gasteiger partial charge in [0, 0.05) is 22.0 Å². The number of nitrogens with zero attached hydrogens (tertiary/aromatic N) is 1. The van der Waals surface area contributed by atoms with Crippen molar-refractivity contribution in [1.82, 2.24) is 4.90 Å². The summed E-state index contributed by atoms with van der Waals surface area (Å²) in [6.07, 6.45) is 4.75. The highest BCUT2D eigenvalue weighted by molar-refractivity contribution is 9.10. The van der Waals surface area contributed by atoms with Crippen molar-refractivity contribution in [3.8, 4) is 0 Å². The van der Waals surface area contributed by atoms with Gasteiger partial charge >= 0.3 is 0 Å². The molecule has 0 radical (unpaired) electrons. The molecule has 2 nitrogen and oxygen atoms in total. The number of thiol groups is 1. The number of carbonyl (C=O) groups excluding carboxylic acids is 1. The first-order valence-electron chi connectivity index (χ1n) is 6.43. The fourth-order valence-electron chi connectivity index (χ4n) is 2.62. The quantitative estimate of drug-likeness (QED) is 0.827. The molecule has 1 saturated carbocycles. The van der Waals surface area contributed by atoms with Crippen LogP contribution in [-0.4, -0.2) is 23.4 Å². The molecular weight excluding hydrogens is 310 g/mol. The molecule has 98 valence electrons. The van der Waals surface area contributed by atoms with E-state index >= 15 is 0 Å². The minimum atomic E-state index is 0.113. The third-order valence-electron chi connectivity index (χ3n) is 3.56.